The number of aliphatic hydroxyl groups excluding tert-OH is 1. The predicted molar refractivity (Wildman–Crippen MR) is 204 cm³/mol. The molecule has 0 aliphatic carbocycles. The fraction of sp³-hybridized carbons (Fsp3) is 0.595. The minimum absolute atomic E-state index is 0.00815. The number of aliphatic hydroxyl groups is 2. The zero-order valence-corrected chi connectivity index (χ0v) is 32.2. The van der Waals surface area contributed by atoms with Gasteiger partial charge in [0.2, 0.25) is 11.8 Å². The first kappa shape index (κ1) is 43.6. The van der Waals surface area contributed by atoms with Gasteiger partial charge in [0.05, 0.1) is 32.4 Å². The summed E-state index contributed by atoms with van der Waals surface area (Å²) in [5.74, 6) is -3.50. The lowest BCUT2D eigenvalue weighted by Crippen LogP contribution is -2.54. The number of aryl methyl sites for hydroxylation is 1. The van der Waals surface area contributed by atoms with Crippen molar-refractivity contribution in [3.63, 3.8) is 0 Å². The monoisotopic (exact) mass is 735 g/mol. The summed E-state index contributed by atoms with van der Waals surface area (Å²) in [7, 11) is 0. The Hall–Kier alpha value is -3.77. The fourth-order valence-electron chi connectivity index (χ4n) is 6.77. The third-order valence-corrected chi connectivity index (χ3v) is 9.71. The first-order chi connectivity index (χ1) is 25.2. The molecule has 11 heteroatoms. The number of morpholine rings is 1. The lowest BCUT2D eigenvalue weighted by molar-refractivity contribution is -0.146. The SMILES string of the molecule is CC(C)C[C@H](CC(=O)[C@H](Cc1ccccc1)NC(=O)[C@H](CC(C)C)NC(=O)[C@H](CCc1ccccc1)CC(=O)CN1CCOCC1)C(=O)[C@](C)(O)CO. The number of amides is 2. The van der Waals surface area contributed by atoms with Crippen LogP contribution in [0.1, 0.15) is 77.8 Å². The standard InChI is InChI=1S/C42H61N3O8/c1-29(2)22-34(39(49)42(5,52)28-46)26-38(48)36(24-32-14-10-7-11-15-32)43-41(51)37(23-30(3)4)44-40(50)33(17-16-31-12-8-6-9-13-31)25-35(47)27-45-18-20-53-21-19-45/h6-15,29-30,33-34,36-37,46,52H,16-28H2,1-5H3,(H,43,51)(H,44,50)/t33-,34-,36+,37+,42-/m1/s1. The molecule has 1 saturated heterocycles. The third-order valence-electron chi connectivity index (χ3n) is 9.71. The van der Waals surface area contributed by atoms with Gasteiger partial charge in [0, 0.05) is 37.8 Å². The summed E-state index contributed by atoms with van der Waals surface area (Å²) >= 11 is 0. The largest absolute Gasteiger partial charge is 0.393 e. The van der Waals surface area contributed by atoms with Crippen molar-refractivity contribution in [1.29, 1.82) is 0 Å². The van der Waals surface area contributed by atoms with E-state index in [-0.39, 0.29) is 49.2 Å². The number of carbonyl (C=O) groups excluding carboxylic acids is 5. The Kier molecular flexibility index (Phi) is 18.0. The molecule has 292 valence electrons. The normalized spacial score (nSPS) is 17.0. The molecule has 53 heavy (non-hydrogen) atoms. The van der Waals surface area contributed by atoms with Gasteiger partial charge in [-0.05, 0) is 62.0 Å². The molecule has 2 amide bonds. The number of hydrogen-bond donors (Lipinski definition) is 4. The molecular weight excluding hydrogens is 674 g/mol. The second-order valence-electron chi connectivity index (χ2n) is 15.6. The van der Waals surface area contributed by atoms with Gasteiger partial charge in [-0.25, -0.2) is 0 Å². The number of rotatable bonds is 23. The zero-order chi connectivity index (χ0) is 39.0. The van der Waals surface area contributed by atoms with E-state index >= 15 is 0 Å². The predicted octanol–water partition coefficient (Wildman–Crippen LogP) is 3.72. The Labute approximate surface area is 315 Å². The molecule has 0 radical (unpaired) electrons. The Balaban J connectivity index is 1.84. The molecule has 0 saturated carbocycles. The molecule has 0 unspecified atom stereocenters. The Morgan fingerprint density at radius 2 is 1.34 bits per heavy atom. The van der Waals surface area contributed by atoms with E-state index in [1.54, 1.807) is 0 Å². The van der Waals surface area contributed by atoms with E-state index in [0.717, 1.165) is 11.1 Å². The molecule has 0 spiro atoms. The highest BCUT2D eigenvalue weighted by molar-refractivity contribution is 5.97. The number of hydrogen-bond acceptors (Lipinski definition) is 9. The smallest absolute Gasteiger partial charge is 0.243 e. The number of Topliss-reactive ketones (excluding diaryl/α,β-unsaturated/α-hetero) is 3. The molecule has 0 bridgehead atoms. The van der Waals surface area contributed by atoms with E-state index in [1.165, 1.54) is 6.92 Å². The summed E-state index contributed by atoms with van der Waals surface area (Å²) < 4.78 is 5.41. The maximum Gasteiger partial charge on any atom is 0.243 e. The number of nitrogens with zero attached hydrogens (tertiary/aromatic N) is 1. The summed E-state index contributed by atoms with van der Waals surface area (Å²) in [6.45, 7) is 10.8. The first-order valence-electron chi connectivity index (χ1n) is 19.1. The van der Waals surface area contributed by atoms with Gasteiger partial charge < -0.3 is 25.6 Å². The maximum absolute atomic E-state index is 14.1. The molecular formula is C42H61N3O8. The minimum Gasteiger partial charge on any atom is -0.393 e. The molecule has 2 aromatic carbocycles. The molecule has 5 atom stereocenters. The van der Waals surface area contributed by atoms with Crippen LogP contribution in [-0.2, 0) is 41.6 Å². The van der Waals surface area contributed by atoms with Crippen LogP contribution in [0.3, 0.4) is 0 Å². The van der Waals surface area contributed by atoms with Crippen LogP contribution in [-0.4, -0.2) is 101 Å². The van der Waals surface area contributed by atoms with Crippen LogP contribution in [0.2, 0.25) is 0 Å². The van der Waals surface area contributed by atoms with Crippen molar-refractivity contribution in [2.24, 2.45) is 23.7 Å². The molecule has 11 nitrogen and oxygen atoms in total. The number of ketones is 3. The summed E-state index contributed by atoms with van der Waals surface area (Å²) in [6.07, 6.45) is 1.56. The van der Waals surface area contributed by atoms with Crippen LogP contribution in [0.15, 0.2) is 60.7 Å². The average Bonchev–Trinajstić information content (AvgIpc) is 3.12. The van der Waals surface area contributed by atoms with Crippen molar-refractivity contribution in [2.45, 2.75) is 97.2 Å². The molecule has 1 aliphatic heterocycles. The number of carbonyl (C=O) groups is 5. The van der Waals surface area contributed by atoms with Crippen molar-refractivity contribution < 1.29 is 38.9 Å². The van der Waals surface area contributed by atoms with E-state index < -0.39 is 53.7 Å². The lowest BCUT2D eigenvalue weighted by Gasteiger charge is -2.29. The quantitative estimate of drug-likeness (QED) is 0.133. The van der Waals surface area contributed by atoms with Gasteiger partial charge in [-0.15, -0.1) is 0 Å². The van der Waals surface area contributed by atoms with E-state index in [1.807, 2.05) is 93.3 Å². The molecule has 1 heterocycles. The molecule has 1 aliphatic rings. The Bertz CT molecular complexity index is 1460. The Morgan fingerprint density at radius 3 is 1.91 bits per heavy atom. The first-order valence-corrected chi connectivity index (χ1v) is 19.1. The summed E-state index contributed by atoms with van der Waals surface area (Å²) in [4.78, 5) is 70.7. The fourth-order valence-corrected chi connectivity index (χ4v) is 6.77. The second kappa shape index (κ2) is 21.8. The van der Waals surface area contributed by atoms with Crippen LogP contribution in [0.25, 0.3) is 0 Å². The van der Waals surface area contributed by atoms with Gasteiger partial charge in [0.15, 0.2) is 11.6 Å². The van der Waals surface area contributed by atoms with Crippen molar-refractivity contribution >= 4 is 29.2 Å². The highest BCUT2D eigenvalue weighted by Gasteiger charge is 2.38. The van der Waals surface area contributed by atoms with Crippen LogP contribution in [0.5, 0.6) is 0 Å². The Morgan fingerprint density at radius 1 is 0.774 bits per heavy atom. The average molecular weight is 736 g/mol. The van der Waals surface area contributed by atoms with Crippen LogP contribution in [0.4, 0.5) is 0 Å². The van der Waals surface area contributed by atoms with E-state index in [9.17, 15) is 34.2 Å². The highest BCUT2D eigenvalue weighted by Crippen LogP contribution is 2.24. The number of nitrogens with one attached hydrogen (secondary N) is 2. The molecule has 3 rings (SSSR count). The van der Waals surface area contributed by atoms with Crippen molar-refractivity contribution in [3.05, 3.63) is 71.8 Å². The van der Waals surface area contributed by atoms with Gasteiger partial charge in [0.25, 0.3) is 0 Å². The number of benzene rings is 2. The van der Waals surface area contributed by atoms with Crippen LogP contribution < -0.4 is 10.6 Å². The molecule has 4 N–H and O–H groups in total. The zero-order valence-electron chi connectivity index (χ0n) is 32.2. The van der Waals surface area contributed by atoms with Gasteiger partial charge in [-0.3, -0.25) is 28.9 Å². The van der Waals surface area contributed by atoms with E-state index in [0.29, 0.717) is 52.0 Å². The van der Waals surface area contributed by atoms with Gasteiger partial charge in [-0.2, -0.15) is 0 Å². The number of ether oxygens (including phenoxy) is 1. The van der Waals surface area contributed by atoms with Crippen molar-refractivity contribution in [2.75, 3.05) is 39.5 Å². The van der Waals surface area contributed by atoms with Crippen molar-refractivity contribution in [1.82, 2.24) is 15.5 Å². The maximum atomic E-state index is 14.1. The van der Waals surface area contributed by atoms with E-state index in [2.05, 4.69) is 10.6 Å². The third kappa shape index (κ3) is 15.2. The van der Waals surface area contributed by atoms with Crippen LogP contribution >= 0.6 is 0 Å². The van der Waals surface area contributed by atoms with Gasteiger partial charge in [-0.1, -0.05) is 88.4 Å². The second-order valence-corrected chi connectivity index (χ2v) is 15.6. The lowest BCUT2D eigenvalue weighted by atomic mass is 9.81. The topological polar surface area (TPSA) is 162 Å². The van der Waals surface area contributed by atoms with Gasteiger partial charge >= 0.3 is 0 Å². The molecule has 0 aromatic heterocycles. The summed E-state index contributed by atoms with van der Waals surface area (Å²) in [6, 6.07) is 16.9. The minimum atomic E-state index is -2.01. The van der Waals surface area contributed by atoms with E-state index in [4.69, 9.17) is 4.74 Å². The highest BCUT2D eigenvalue weighted by atomic mass is 16.5. The molecule has 1 fully saturated rings. The van der Waals surface area contributed by atoms with Crippen molar-refractivity contribution in [3.8, 4) is 0 Å². The summed E-state index contributed by atoms with van der Waals surface area (Å²) in [5.41, 5.74) is -0.172. The van der Waals surface area contributed by atoms with Crippen LogP contribution in [0, 0.1) is 23.7 Å². The van der Waals surface area contributed by atoms with Gasteiger partial charge in [0.1, 0.15) is 17.4 Å². The molecule has 2 aromatic rings. The summed E-state index contributed by atoms with van der Waals surface area (Å²) in [5, 5.41) is 26.1.